The lowest BCUT2D eigenvalue weighted by Crippen LogP contribution is -2.33. The van der Waals surface area contributed by atoms with Crippen molar-refractivity contribution >= 4 is 11.6 Å². The molecule has 0 unspecified atom stereocenters. The molecule has 154 valence electrons. The molecule has 0 saturated heterocycles. The fourth-order valence-corrected chi connectivity index (χ4v) is 2.98. The first kappa shape index (κ1) is 22.2. The summed E-state index contributed by atoms with van der Waals surface area (Å²) in [5.74, 6) is 1.19. The lowest BCUT2D eigenvalue weighted by Gasteiger charge is -2.13. The van der Waals surface area contributed by atoms with Crippen molar-refractivity contribution in [2.75, 3.05) is 18.1 Å². The normalized spacial score (nSPS) is 11.1. The van der Waals surface area contributed by atoms with Crippen LogP contribution in [0.5, 0.6) is 5.75 Å². The summed E-state index contributed by atoms with van der Waals surface area (Å²) in [4.78, 5) is 9.59. The van der Waals surface area contributed by atoms with Crippen LogP contribution >= 0.6 is 0 Å². The molecular formula is C23H31N5O. The van der Waals surface area contributed by atoms with Gasteiger partial charge in [0.05, 0.1) is 12.3 Å². The summed E-state index contributed by atoms with van der Waals surface area (Å²) in [6, 6.07) is 13.4. The van der Waals surface area contributed by atoms with Crippen LogP contribution in [-0.2, 0) is 0 Å². The lowest BCUT2D eigenvalue weighted by atomic mass is 10.1. The number of nitrogens with zero attached hydrogens (tertiary/aromatic N) is 4. The second-order valence-corrected chi connectivity index (χ2v) is 6.87. The summed E-state index contributed by atoms with van der Waals surface area (Å²) in [6.45, 7) is 1.44. The highest BCUT2D eigenvalue weighted by Gasteiger charge is 2.08. The molecular weight excluding hydrogens is 362 g/mol. The van der Waals surface area contributed by atoms with Crippen molar-refractivity contribution in [1.82, 2.24) is 4.98 Å². The zero-order valence-corrected chi connectivity index (χ0v) is 17.0. The Morgan fingerprint density at radius 1 is 0.931 bits per heavy atom. The quantitative estimate of drug-likeness (QED) is 0.172. The van der Waals surface area contributed by atoms with Crippen LogP contribution in [0.4, 0.5) is 5.69 Å². The number of ether oxygens (including phenoxy) is 1. The van der Waals surface area contributed by atoms with E-state index in [0.717, 1.165) is 31.6 Å². The van der Waals surface area contributed by atoms with Crippen LogP contribution in [0.1, 0.15) is 51.4 Å². The Morgan fingerprint density at radius 2 is 1.55 bits per heavy atom. The number of nitriles is 1. The molecule has 0 spiro atoms. The van der Waals surface area contributed by atoms with Crippen molar-refractivity contribution < 1.29 is 4.74 Å². The number of aromatic nitrogens is 1. The maximum Gasteiger partial charge on any atom is 0.209 e. The van der Waals surface area contributed by atoms with Crippen molar-refractivity contribution in [2.45, 2.75) is 51.4 Å². The number of unbranched alkanes of at least 4 members (excludes halogenated alkanes) is 7. The molecule has 1 heterocycles. The smallest absolute Gasteiger partial charge is 0.209 e. The standard InChI is InChI=1S/C23H31N5O/c24-20-28(21-14-17-26-18-15-21)23(25)27-16-10-5-3-1-2-4-6-11-19-29-22-12-8-7-9-13-22/h7-9,12-15,17-18H,1-6,10-11,16,19H2,(H2,25,27). The van der Waals surface area contributed by atoms with Gasteiger partial charge in [0.15, 0.2) is 6.19 Å². The van der Waals surface area contributed by atoms with E-state index in [9.17, 15) is 5.26 Å². The number of pyridine rings is 1. The van der Waals surface area contributed by atoms with Gasteiger partial charge in [-0.1, -0.05) is 56.7 Å². The van der Waals surface area contributed by atoms with Crippen LogP contribution in [0.15, 0.2) is 59.9 Å². The molecule has 6 heteroatoms. The number of para-hydroxylation sites is 1. The first-order valence-electron chi connectivity index (χ1n) is 10.4. The summed E-state index contributed by atoms with van der Waals surface area (Å²) in [6.07, 6.45) is 14.7. The minimum absolute atomic E-state index is 0.233. The monoisotopic (exact) mass is 393 g/mol. The van der Waals surface area contributed by atoms with Gasteiger partial charge in [-0.25, -0.2) is 4.90 Å². The Balaban J connectivity index is 1.45. The van der Waals surface area contributed by atoms with Gasteiger partial charge in [0, 0.05) is 18.9 Å². The zero-order chi connectivity index (χ0) is 20.6. The molecule has 2 N–H and O–H groups in total. The predicted molar refractivity (Wildman–Crippen MR) is 118 cm³/mol. The van der Waals surface area contributed by atoms with Gasteiger partial charge in [-0.05, 0) is 37.1 Å². The second-order valence-electron chi connectivity index (χ2n) is 6.87. The molecule has 2 aromatic rings. The molecule has 0 saturated carbocycles. The summed E-state index contributed by atoms with van der Waals surface area (Å²) in [5.41, 5.74) is 6.62. The number of benzene rings is 1. The molecule has 6 nitrogen and oxygen atoms in total. The van der Waals surface area contributed by atoms with Crippen molar-refractivity contribution in [3.63, 3.8) is 0 Å². The summed E-state index contributed by atoms with van der Waals surface area (Å²) in [7, 11) is 0. The summed E-state index contributed by atoms with van der Waals surface area (Å²) < 4.78 is 5.70. The van der Waals surface area contributed by atoms with Gasteiger partial charge in [0.2, 0.25) is 5.96 Å². The molecule has 1 aromatic carbocycles. The predicted octanol–water partition coefficient (Wildman–Crippen LogP) is 4.88. The Labute approximate surface area is 174 Å². The van der Waals surface area contributed by atoms with Crippen LogP contribution in [0.3, 0.4) is 0 Å². The maximum absolute atomic E-state index is 9.27. The molecule has 2 rings (SSSR count). The molecule has 0 atom stereocenters. The Kier molecular flexibility index (Phi) is 10.7. The number of hydrogen-bond donors (Lipinski definition) is 1. The van der Waals surface area contributed by atoms with Crippen LogP contribution < -0.4 is 15.4 Å². The van der Waals surface area contributed by atoms with Crippen molar-refractivity contribution in [3.05, 3.63) is 54.9 Å². The molecule has 0 fully saturated rings. The average molecular weight is 394 g/mol. The molecule has 1 aromatic heterocycles. The minimum Gasteiger partial charge on any atom is -0.494 e. The summed E-state index contributed by atoms with van der Waals surface area (Å²) in [5, 5.41) is 9.27. The van der Waals surface area contributed by atoms with Crippen LogP contribution in [0.25, 0.3) is 0 Å². The van der Waals surface area contributed by atoms with E-state index in [-0.39, 0.29) is 5.96 Å². The van der Waals surface area contributed by atoms with Crippen LogP contribution in [-0.4, -0.2) is 24.1 Å². The summed E-state index contributed by atoms with van der Waals surface area (Å²) >= 11 is 0. The van der Waals surface area contributed by atoms with Gasteiger partial charge in [-0.2, -0.15) is 5.26 Å². The van der Waals surface area contributed by atoms with E-state index in [2.05, 4.69) is 16.2 Å². The van der Waals surface area contributed by atoms with Crippen molar-refractivity contribution in [1.29, 1.82) is 5.26 Å². The van der Waals surface area contributed by atoms with E-state index in [0.29, 0.717) is 12.2 Å². The highest BCUT2D eigenvalue weighted by molar-refractivity contribution is 5.97. The average Bonchev–Trinajstić information content (AvgIpc) is 2.76. The van der Waals surface area contributed by atoms with E-state index >= 15 is 0 Å². The van der Waals surface area contributed by atoms with E-state index < -0.39 is 0 Å². The highest BCUT2D eigenvalue weighted by Crippen LogP contribution is 2.12. The van der Waals surface area contributed by atoms with Gasteiger partial charge in [0.25, 0.3) is 0 Å². The highest BCUT2D eigenvalue weighted by atomic mass is 16.5. The number of nitrogens with two attached hydrogens (primary N) is 1. The number of hydrogen-bond acceptors (Lipinski definition) is 4. The number of anilines is 1. The zero-order valence-electron chi connectivity index (χ0n) is 17.0. The van der Waals surface area contributed by atoms with Gasteiger partial charge in [0.1, 0.15) is 5.75 Å². The largest absolute Gasteiger partial charge is 0.494 e. The van der Waals surface area contributed by atoms with Crippen LogP contribution in [0, 0.1) is 11.5 Å². The van der Waals surface area contributed by atoms with Crippen molar-refractivity contribution in [3.8, 4) is 11.9 Å². The van der Waals surface area contributed by atoms with Gasteiger partial charge in [-0.3, -0.25) is 9.98 Å². The molecule has 0 aliphatic carbocycles. The van der Waals surface area contributed by atoms with Gasteiger partial charge >= 0.3 is 0 Å². The molecule has 0 bridgehead atoms. The molecule has 29 heavy (non-hydrogen) atoms. The van der Waals surface area contributed by atoms with Gasteiger partial charge in [-0.15, -0.1) is 0 Å². The second kappa shape index (κ2) is 14.0. The third kappa shape index (κ3) is 9.11. The first-order valence-corrected chi connectivity index (χ1v) is 10.4. The molecule has 0 amide bonds. The van der Waals surface area contributed by atoms with E-state index in [1.807, 2.05) is 30.3 Å². The number of guanidine groups is 1. The Hall–Kier alpha value is -3.07. The third-order valence-corrected chi connectivity index (χ3v) is 4.59. The topological polar surface area (TPSA) is 87.5 Å². The minimum atomic E-state index is 0.233. The van der Waals surface area contributed by atoms with E-state index in [4.69, 9.17) is 10.5 Å². The van der Waals surface area contributed by atoms with E-state index in [1.165, 1.54) is 37.0 Å². The van der Waals surface area contributed by atoms with Gasteiger partial charge < -0.3 is 10.5 Å². The molecule has 0 aliphatic rings. The first-order chi connectivity index (χ1) is 14.3. The molecule has 0 aliphatic heterocycles. The fourth-order valence-electron chi connectivity index (χ4n) is 2.98. The molecule has 0 radical (unpaired) electrons. The van der Waals surface area contributed by atoms with E-state index in [1.54, 1.807) is 24.5 Å². The number of aliphatic imine (C=N–C) groups is 1. The number of rotatable bonds is 13. The Morgan fingerprint density at radius 3 is 2.21 bits per heavy atom. The maximum atomic E-state index is 9.27. The van der Waals surface area contributed by atoms with Crippen molar-refractivity contribution in [2.24, 2.45) is 10.7 Å². The lowest BCUT2D eigenvalue weighted by molar-refractivity contribution is 0.304. The fraction of sp³-hybridized carbons (Fsp3) is 0.435. The third-order valence-electron chi connectivity index (χ3n) is 4.59. The SMILES string of the molecule is N#CN(C(N)=NCCCCCCCCCCOc1ccccc1)c1ccncc1. The Bertz CT molecular complexity index is 743. The van der Waals surface area contributed by atoms with Crippen LogP contribution in [0.2, 0.25) is 0 Å².